The van der Waals surface area contributed by atoms with Crippen LogP contribution in [0.1, 0.15) is 35.2 Å². The Morgan fingerprint density at radius 2 is 1.95 bits per heavy atom. The molecule has 1 aromatic carbocycles. The summed E-state index contributed by atoms with van der Waals surface area (Å²) in [5, 5.41) is 6.05. The fourth-order valence-electron chi connectivity index (χ4n) is 1.93. The molecule has 5 heteroatoms. The Morgan fingerprint density at radius 3 is 2.67 bits per heavy atom. The van der Waals surface area contributed by atoms with E-state index in [4.69, 9.17) is 0 Å². The summed E-state index contributed by atoms with van der Waals surface area (Å²) in [7, 11) is 0. The molecule has 1 amide bonds. The lowest BCUT2D eigenvalue weighted by Crippen LogP contribution is -2.25. The number of aromatic nitrogens is 2. The second-order valence-electron chi connectivity index (χ2n) is 4.88. The lowest BCUT2D eigenvalue weighted by Gasteiger charge is -2.10. The van der Waals surface area contributed by atoms with Crippen molar-refractivity contribution in [1.82, 2.24) is 15.3 Å². The summed E-state index contributed by atoms with van der Waals surface area (Å²) in [5.41, 5.74) is 2.47. The lowest BCUT2D eigenvalue weighted by molar-refractivity contribution is 0.0948. The van der Waals surface area contributed by atoms with Gasteiger partial charge in [-0.15, -0.1) is 0 Å². The van der Waals surface area contributed by atoms with E-state index in [2.05, 4.69) is 20.6 Å². The molecule has 0 aliphatic rings. The van der Waals surface area contributed by atoms with Crippen LogP contribution >= 0.6 is 0 Å². The van der Waals surface area contributed by atoms with Crippen molar-refractivity contribution in [3.63, 3.8) is 0 Å². The summed E-state index contributed by atoms with van der Waals surface area (Å²) in [6.45, 7) is 6.45. The summed E-state index contributed by atoms with van der Waals surface area (Å²) in [6.07, 6.45) is 0.893. The van der Waals surface area contributed by atoms with Gasteiger partial charge in [0.15, 0.2) is 0 Å². The van der Waals surface area contributed by atoms with E-state index >= 15 is 0 Å². The number of anilines is 2. The largest absolute Gasteiger partial charge is 0.351 e. The second kappa shape index (κ2) is 6.83. The molecule has 0 bridgehead atoms. The number of carbonyl (C=O) groups excluding carboxylic acids is 1. The third-order valence-electron chi connectivity index (χ3n) is 3.01. The first-order chi connectivity index (χ1) is 10.1. The number of benzene rings is 1. The number of rotatable bonds is 5. The first-order valence-corrected chi connectivity index (χ1v) is 7.06. The maximum atomic E-state index is 12.0. The number of hydrogen-bond donors (Lipinski definition) is 2. The van der Waals surface area contributed by atoms with Crippen LogP contribution in [-0.2, 0) is 0 Å². The third kappa shape index (κ3) is 4.02. The zero-order valence-corrected chi connectivity index (χ0v) is 12.6. The predicted octanol–water partition coefficient (Wildman–Crippen LogP) is 2.98. The van der Waals surface area contributed by atoms with Gasteiger partial charge in [0.25, 0.3) is 5.91 Å². The molecule has 0 aliphatic carbocycles. The number of carbonyl (C=O) groups is 1. The summed E-state index contributed by atoms with van der Waals surface area (Å²) >= 11 is 0. The van der Waals surface area contributed by atoms with Crippen LogP contribution in [0.3, 0.4) is 0 Å². The van der Waals surface area contributed by atoms with Gasteiger partial charge in [-0.1, -0.05) is 25.1 Å². The third-order valence-corrected chi connectivity index (χ3v) is 3.01. The van der Waals surface area contributed by atoms with E-state index in [9.17, 15) is 4.79 Å². The molecule has 0 unspecified atom stereocenters. The zero-order valence-electron chi connectivity index (χ0n) is 12.6. The van der Waals surface area contributed by atoms with Gasteiger partial charge in [0.05, 0.1) is 0 Å². The Hall–Kier alpha value is -2.43. The first-order valence-electron chi connectivity index (χ1n) is 7.06. The van der Waals surface area contributed by atoms with Crippen molar-refractivity contribution in [2.45, 2.75) is 27.2 Å². The van der Waals surface area contributed by atoms with Crippen LogP contribution in [-0.4, -0.2) is 22.4 Å². The van der Waals surface area contributed by atoms with E-state index in [0.717, 1.165) is 17.7 Å². The molecule has 0 saturated carbocycles. The molecule has 1 aromatic heterocycles. The molecule has 1 heterocycles. The van der Waals surface area contributed by atoms with Crippen molar-refractivity contribution >= 4 is 17.4 Å². The van der Waals surface area contributed by atoms with E-state index in [-0.39, 0.29) is 5.91 Å². The van der Waals surface area contributed by atoms with Crippen molar-refractivity contribution in [2.75, 3.05) is 11.9 Å². The Balaban J connectivity index is 2.23. The lowest BCUT2D eigenvalue weighted by atomic mass is 10.2. The summed E-state index contributed by atoms with van der Waals surface area (Å²) in [6, 6.07) is 9.60. The van der Waals surface area contributed by atoms with Crippen molar-refractivity contribution < 1.29 is 4.79 Å². The van der Waals surface area contributed by atoms with Gasteiger partial charge in [0.2, 0.25) is 0 Å². The van der Waals surface area contributed by atoms with Gasteiger partial charge in [-0.05, 0) is 31.9 Å². The number of nitrogens with one attached hydrogen (secondary N) is 2. The van der Waals surface area contributed by atoms with Gasteiger partial charge in [-0.25, -0.2) is 9.97 Å². The molecule has 5 nitrogen and oxygen atoms in total. The van der Waals surface area contributed by atoms with Crippen LogP contribution in [0.4, 0.5) is 11.5 Å². The van der Waals surface area contributed by atoms with Crippen LogP contribution in [0, 0.1) is 13.8 Å². The van der Waals surface area contributed by atoms with Gasteiger partial charge < -0.3 is 10.6 Å². The fraction of sp³-hybridized carbons (Fsp3) is 0.312. The van der Waals surface area contributed by atoms with Crippen LogP contribution < -0.4 is 10.6 Å². The van der Waals surface area contributed by atoms with E-state index in [1.165, 1.54) is 0 Å². The summed E-state index contributed by atoms with van der Waals surface area (Å²) < 4.78 is 0. The Bertz CT molecular complexity index is 640. The van der Waals surface area contributed by atoms with Gasteiger partial charge >= 0.3 is 0 Å². The van der Waals surface area contributed by atoms with Crippen LogP contribution in [0.2, 0.25) is 0 Å². The van der Waals surface area contributed by atoms with E-state index in [0.29, 0.717) is 23.9 Å². The molecule has 2 rings (SSSR count). The molecular formula is C16H20N4O. The molecule has 0 fully saturated rings. The second-order valence-corrected chi connectivity index (χ2v) is 4.88. The minimum absolute atomic E-state index is 0.171. The number of aryl methyl sites for hydroxylation is 2. The molecule has 0 aliphatic heterocycles. The van der Waals surface area contributed by atoms with E-state index in [1.807, 2.05) is 38.1 Å². The summed E-state index contributed by atoms with van der Waals surface area (Å²) in [4.78, 5) is 20.5. The molecule has 0 saturated heterocycles. The maximum Gasteiger partial charge on any atom is 0.270 e. The number of nitrogens with zero attached hydrogens (tertiary/aromatic N) is 2. The molecule has 0 spiro atoms. The Morgan fingerprint density at radius 1 is 1.19 bits per heavy atom. The minimum atomic E-state index is -0.171. The Labute approximate surface area is 124 Å². The summed E-state index contributed by atoms with van der Waals surface area (Å²) in [5.74, 6) is 1.02. The van der Waals surface area contributed by atoms with E-state index < -0.39 is 0 Å². The highest BCUT2D eigenvalue weighted by atomic mass is 16.1. The van der Waals surface area contributed by atoms with Gasteiger partial charge in [0, 0.05) is 18.3 Å². The van der Waals surface area contributed by atoms with Crippen LogP contribution in [0.15, 0.2) is 30.3 Å². The normalized spacial score (nSPS) is 10.2. The molecule has 2 aromatic rings. The van der Waals surface area contributed by atoms with Gasteiger partial charge in [-0.3, -0.25) is 4.79 Å². The topological polar surface area (TPSA) is 66.9 Å². The molecular weight excluding hydrogens is 264 g/mol. The molecule has 2 N–H and O–H groups in total. The average molecular weight is 284 g/mol. The van der Waals surface area contributed by atoms with Crippen molar-refractivity contribution in [3.05, 3.63) is 47.4 Å². The van der Waals surface area contributed by atoms with Crippen molar-refractivity contribution in [1.29, 1.82) is 0 Å². The van der Waals surface area contributed by atoms with Crippen molar-refractivity contribution in [2.24, 2.45) is 0 Å². The highest BCUT2D eigenvalue weighted by Crippen LogP contribution is 2.19. The zero-order chi connectivity index (χ0) is 15.2. The van der Waals surface area contributed by atoms with Crippen molar-refractivity contribution in [3.8, 4) is 0 Å². The van der Waals surface area contributed by atoms with Crippen LogP contribution in [0.5, 0.6) is 0 Å². The minimum Gasteiger partial charge on any atom is -0.351 e. The molecule has 110 valence electrons. The molecule has 0 atom stereocenters. The Kier molecular flexibility index (Phi) is 4.87. The number of para-hydroxylation sites is 1. The van der Waals surface area contributed by atoms with Gasteiger partial charge in [0.1, 0.15) is 17.3 Å². The number of amides is 1. The monoisotopic (exact) mass is 284 g/mol. The molecule has 0 radical (unpaired) electrons. The SMILES string of the molecule is CCCNC(=O)c1cc(Nc2ccccc2C)nc(C)n1. The average Bonchev–Trinajstić information content (AvgIpc) is 2.46. The van der Waals surface area contributed by atoms with Crippen LogP contribution in [0.25, 0.3) is 0 Å². The van der Waals surface area contributed by atoms with E-state index in [1.54, 1.807) is 13.0 Å². The highest BCUT2D eigenvalue weighted by Gasteiger charge is 2.10. The quantitative estimate of drug-likeness (QED) is 0.885. The maximum absolute atomic E-state index is 12.0. The number of hydrogen-bond acceptors (Lipinski definition) is 4. The fourth-order valence-corrected chi connectivity index (χ4v) is 1.93. The predicted molar refractivity (Wildman–Crippen MR) is 83.9 cm³/mol. The highest BCUT2D eigenvalue weighted by molar-refractivity contribution is 5.93. The van der Waals surface area contributed by atoms with Gasteiger partial charge in [-0.2, -0.15) is 0 Å². The smallest absolute Gasteiger partial charge is 0.270 e. The molecule has 21 heavy (non-hydrogen) atoms. The first kappa shape index (κ1) is 15.0. The standard InChI is InChI=1S/C16H20N4O/c1-4-9-17-16(21)14-10-15(19-12(3)18-14)20-13-8-6-5-7-11(13)2/h5-8,10H,4,9H2,1-3H3,(H,17,21)(H,18,19,20).